The lowest BCUT2D eigenvalue weighted by Gasteiger charge is -2.12. The molecule has 1 amide bonds. The van der Waals surface area contributed by atoms with Crippen LogP contribution in [-0.4, -0.2) is 36.3 Å². The van der Waals surface area contributed by atoms with Crippen molar-refractivity contribution in [2.75, 3.05) is 5.73 Å². The zero-order chi connectivity index (χ0) is 24.1. The second-order valence-corrected chi connectivity index (χ2v) is 8.25. The second kappa shape index (κ2) is 10.1. The summed E-state index contributed by atoms with van der Waals surface area (Å²) in [6.45, 7) is 3.84. The van der Waals surface area contributed by atoms with Gasteiger partial charge in [-0.25, -0.2) is 4.63 Å². The molecule has 0 saturated heterocycles. The first-order valence-corrected chi connectivity index (χ1v) is 11.2. The molecule has 0 aliphatic rings. The number of aromatic nitrogens is 5. The Bertz CT molecular complexity index is 1310. The smallest absolute Gasteiger partial charge is 0.292 e. The number of allylic oxidation sites excluding steroid dienone is 1. The summed E-state index contributed by atoms with van der Waals surface area (Å²) >= 11 is 1.51. The third-order valence-electron chi connectivity index (χ3n) is 4.85. The predicted molar refractivity (Wildman–Crippen MR) is 127 cm³/mol. The molecule has 4 aromatic rings. The van der Waals surface area contributed by atoms with Gasteiger partial charge in [-0.05, 0) is 66.1 Å². The standard InChI is InChI=1S/C22H22N8O3S/c1-3-17(14-6-8-15(31)9-7-14)24-26-22(32)19-18(12-34-16-10-4-13(2)5-11-16)30(29-25-19)21-20(23)27-33-28-21/h3-11,24,31H,12H2,1-2H3,(H2,23,27)(H,26,32)/b17-3+. The molecule has 12 heteroatoms. The van der Waals surface area contributed by atoms with Gasteiger partial charge in [-0.2, -0.15) is 4.68 Å². The Morgan fingerprint density at radius 2 is 1.88 bits per heavy atom. The first-order chi connectivity index (χ1) is 16.5. The summed E-state index contributed by atoms with van der Waals surface area (Å²) in [6.07, 6.45) is 1.79. The molecule has 0 unspecified atom stereocenters. The molecule has 174 valence electrons. The third kappa shape index (κ3) is 5.02. The minimum Gasteiger partial charge on any atom is -0.508 e. The van der Waals surface area contributed by atoms with Gasteiger partial charge in [0.1, 0.15) is 5.75 Å². The van der Waals surface area contributed by atoms with Crippen LogP contribution >= 0.6 is 11.8 Å². The second-order valence-electron chi connectivity index (χ2n) is 7.20. The molecule has 0 aliphatic heterocycles. The fourth-order valence-corrected chi connectivity index (χ4v) is 3.93. The van der Waals surface area contributed by atoms with Crippen LogP contribution in [0.1, 0.15) is 34.2 Å². The van der Waals surface area contributed by atoms with Crippen LogP contribution in [0.2, 0.25) is 0 Å². The van der Waals surface area contributed by atoms with E-state index in [1.54, 1.807) is 30.3 Å². The van der Waals surface area contributed by atoms with E-state index in [0.29, 0.717) is 17.1 Å². The maximum absolute atomic E-state index is 13.0. The summed E-state index contributed by atoms with van der Waals surface area (Å²) in [5, 5.41) is 25.0. The van der Waals surface area contributed by atoms with E-state index in [2.05, 4.69) is 31.5 Å². The van der Waals surface area contributed by atoms with Crippen molar-refractivity contribution >= 4 is 29.2 Å². The highest BCUT2D eigenvalue weighted by molar-refractivity contribution is 7.98. The molecular formula is C22H22N8O3S. The van der Waals surface area contributed by atoms with E-state index in [4.69, 9.17) is 10.4 Å². The number of phenols is 1. The van der Waals surface area contributed by atoms with Crippen LogP contribution in [0.4, 0.5) is 5.82 Å². The molecular weight excluding hydrogens is 456 g/mol. The number of aryl methyl sites for hydroxylation is 1. The number of aromatic hydroxyl groups is 1. The molecule has 0 bridgehead atoms. The molecule has 5 N–H and O–H groups in total. The zero-order valence-electron chi connectivity index (χ0n) is 18.4. The first kappa shape index (κ1) is 22.9. The Morgan fingerprint density at radius 3 is 2.53 bits per heavy atom. The van der Waals surface area contributed by atoms with E-state index in [1.807, 2.05) is 38.1 Å². The molecule has 2 aromatic carbocycles. The number of phenolic OH excluding ortho intramolecular Hbond substituents is 1. The summed E-state index contributed by atoms with van der Waals surface area (Å²) in [4.78, 5) is 14.1. The van der Waals surface area contributed by atoms with Gasteiger partial charge in [-0.1, -0.05) is 29.0 Å². The largest absolute Gasteiger partial charge is 0.508 e. The normalized spacial score (nSPS) is 11.4. The van der Waals surface area contributed by atoms with Gasteiger partial charge in [0, 0.05) is 10.6 Å². The van der Waals surface area contributed by atoms with Crippen molar-refractivity contribution in [1.29, 1.82) is 0 Å². The molecule has 4 rings (SSSR count). The van der Waals surface area contributed by atoms with Gasteiger partial charge in [0.25, 0.3) is 5.91 Å². The fourth-order valence-electron chi connectivity index (χ4n) is 3.04. The van der Waals surface area contributed by atoms with Crippen molar-refractivity contribution < 1.29 is 14.5 Å². The maximum Gasteiger partial charge on any atom is 0.292 e. The monoisotopic (exact) mass is 478 g/mol. The van der Waals surface area contributed by atoms with E-state index in [0.717, 1.165) is 16.0 Å². The van der Waals surface area contributed by atoms with Gasteiger partial charge in [0.15, 0.2) is 5.69 Å². The number of benzene rings is 2. The molecule has 0 radical (unpaired) electrons. The van der Waals surface area contributed by atoms with Crippen LogP contribution in [0.3, 0.4) is 0 Å². The van der Waals surface area contributed by atoms with Gasteiger partial charge < -0.3 is 10.8 Å². The Balaban J connectivity index is 1.56. The average Bonchev–Trinajstić information content (AvgIpc) is 3.45. The topological polar surface area (TPSA) is 157 Å². The lowest BCUT2D eigenvalue weighted by molar-refractivity contribution is 0.0936. The predicted octanol–water partition coefficient (Wildman–Crippen LogP) is 2.83. The number of thioether (sulfide) groups is 1. The molecule has 0 atom stereocenters. The molecule has 0 fully saturated rings. The highest BCUT2D eigenvalue weighted by Gasteiger charge is 2.24. The maximum atomic E-state index is 13.0. The van der Waals surface area contributed by atoms with Gasteiger partial charge in [0.2, 0.25) is 11.6 Å². The number of carbonyl (C=O) groups is 1. The highest BCUT2D eigenvalue weighted by atomic mass is 32.2. The molecule has 34 heavy (non-hydrogen) atoms. The quantitative estimate of drug-likeness (QED) is 0.219. The zero-order valence-corrected chi connectivity index (χ0v) is 19.2. The summed E-state index contributed by atoms with van der Waals surface area (Å²) in [5.74, 6) is 0.188. The fraction of sp³-hybridized carbons (Fsp3) is 0.136. The number of nitrogen functional groups attached to an aromatic ring is 1. The first-order valence-electron chi connectivity index (χ1n) is 10.2. The van der Waals surface area contributed by atoms with Crippen molar-refractivity contribution in [3.8, 4) is 11.6 Å². The summed E-state index contributed by atoms with van der Waals surface area (Å²) in [6, 6.07) is 14.6. The lowest BCUT2D eigenvalue weighted by Crippen LogP contribution is -2.36. The molecule has 0 spiro atoms. The van der Waals surface area contributed by atoms with E-state index in [1.165, 1.54) is 16.4 Å². The summed E-state index contributed by atoms with van der Waals surface area (Å²) < 4.78 is 6.04. The summed E-state index contributed by atoms with van der Waals surface area (Å²) in [7, 11) is 0. The lowest BCUT2D eigenvalue weighted by atomic mass is 10.1. The minimum atomic E-state index is -0.501. The Labute approximate surface area is 199 Å². The molecule has 11 nitrogen and oxygen atoms in total. The number of nitrogens with zero attached hydrogens (tertiary/aromatic N) is 5. The van der Waals surface area contributed by atoms with Crippen molar-refractivity contribution in [2.45, 2.75) is 24.5 Å². The van der Waals surface area contributed by atoms with E-state index in [9.17, 15) is 9.90 Å². The van der Waals surface area contributed by atoms with Crippen molar-refractivity contribution in [3.63, 3.8) is 0 Å². The van der Waals surface area contributed by atoms with Gasteiger partial charge in [-0.15, -0.1) is 16.9 Å². The Hall–Kier alpha value is -4.32. The van der Waals surface area contributed by atoms with Gasteiger partial charge >= 0.3 is 0 Å². The van der Waals surface area contributed by atoms with Gasteiger partial charge in [-0.3, -0.25) is 15.6 Å². The molecule has 0 saturated carbocycles. The third-order valence-corrected chi connectivity index (χ3v) is 5.87. The Morgan fingerprint density at radius 1 is 1.15 bits per heavy atom. The van der Waals surface area contributed by atoms with Crippen LogP contribution in [0.5, 0.6) is 5.75 Å². The molecule has 2 aromatic heterocycles. The molecule has 0 aliphatic carbocycles. The number of hydrazine groups is 1. The number of nitrogens with one attached hydrogen (secondary N) is 2. The SMILES string of the molecule is C/C=C(/NNC(=O)c1nnn(-c2nonc2N)c1CSc1ccc(C)cc1)c1ccc(O)cc1. The van der Waals surface area contributed by atoms with Crippen LogP contribution in [0, 0.1) is 6.92 Å². The number of anilines is 1. The number of hydrogen-bond acceptors (Lipinski definition) is 10. The Kier molecular flexibility index (Phi) is 6.78. The van der Waals surface area contributed by atoms with E-state index in [-0.39, 0.29) is 23.1 Å². The van der Waals surface area contributed by atoms with Crippen LogP contribution in [-0.2, 0) is 5.75 Å². The van der Waals surface area contributed by atoms with Gasteiger partial charge in [0.05, 0.1) is 11.4 Å². The summed E-state index contributed by atoms with van der Waals surface area (Å²) in [5.41, 5.74) is 14.5. The minimum absolute atomic E-state index is 0.0279. The van der Waals surface area contributed by atoms with E-state index < -0.39 is 5.91 Å². The van der Waals surface area contributed by atoms with Crippen molar-refractivity contribution in [2.24, 2.45) is 0 Å². The van der Waals surface area contributed by atoms with Crippen LogP contribution < -0.4 is 16.6 Å². The number of nitrogens with two attached hydrogens (primary N) is 1. The van der Waals surface area contributed by atoms with Crippen molar-refractivity contribution in [3.05, 3.63) is 77.1 Å². The average molecular weight is 479 g/mol. The number of carbonyl (C=O) groups excluding carboxylic acids is 1. The van der Waals surface area contributed by atoms with E-state index >= 15 is 0 Å². The number of hydrogen-bond donors (Lipinski definition) is 4. The number of rotatable bonds is 8. The van der Waals surface area contributed by atoms with Crippen LogP contribution in [0.25, 0.3) is 11.5 Å². The molecule has 2 heterocycles. The van der Waals surface area contributed by atoms with Crippen molar-refractivity contribution in [1.82, 2.24) is 36.2 Å². The number of amides is 1. The highest BCUT2D eigenvalue weighted by Crippen LogP contribution is 2.26. The van der Waals surface area contributed by atoms with Crippen LogP contribution in [0.15, 0.2) is 64.1 Å².